The number of anilines is 3. The van der Waals surface area contributed by atoms with Crippen LogP contribution >= 0.6 is 0 Å². The van der Waals surface area contributed by atoms with E-state index >= 15 is 0 Å². The number of nitrogens with zero attached hydrogens (tertiary/aromatic N) is 4. The van der Waals surface area contributed by atoms with Crippen molar-refractivity contribution in [1.82, 2.24) is 0 Å². The number of rotatable bonds is 3. The van der Waals surface area contributed by atoms with Crippen LogP contribution in [0.1, 0.15) is 31.7 Å². The zero-order chi connectivity index (χ0) is 21.8. The molecule has 7 heteroatoms. The molecule has 0 unspecified atom stereocenters. The van der Waals surface area contributed by atoms with Gasteiger partial charge in [-0.25, -0.2) is 9.80 Å². The molecule has 5 rings (SSSR count). The highest BCUT2D eigenvalue weighted by Crippen LogP contribution is 2.54. The Morgan fingerprint density at radius 2 is 1.87 bits per heavy atom. The second kappa shape index (κ2) is 7.11. The van der Waals surface area contributed by atoms with Crippen molar-refractivity contribution in [2.24, 2.45) is 11.0 Å². The quantitative estimate of drug-likeness (QED) is 0.712. The second-order valence-corrected chi connectivity index (χ2v) is 8.34. The lowest BCUT2D eigenvalue weighted by molar-refractivity contribution is -0.135. The first-order valence-corrected chi connectivity index (χ1v) is 10.8. The van der Waals surface area contributed by atoms with Gasteiger partial charge in [-0.1, -0.05) is 29.8 Å². The summed E-state index contributed by atoms with van der Waals surface area (Å²) >= 11 is 0. The molecule has 1 amide bonds. The lowest BCUT2D eigenvalue weighted by Gasteiger charge is -2.43. The Morgan fingerprint density at radius 3 is 2.58 bits per heavy atom. The van der Waals surface area contributed by atoms with Crippen LogP contribution in [0.3, 0.4) is 0 Å². The first-order valence-electron chi connectivity index (χ1n) is 10.8. The van der Waals surface area contributed by atoms with E-state index in [0.29, 0.717) is 6.42 Å². The average Bonchev–Trinajstić information content (AvgIpc) is 3.34. The number of amides is 1. The Kier molecular flexibility index (Phi) is 4.50. The summed E-state index contributed by atoms with van der Waals surface area (Å²) in [4.78, 5) is 30.4. The van der Waals surface area contributed by atoms with Crippen LogP contribution < -0.4 is 14.8 Å². The minimum absolute atomic E-state index is 0.0462. The molecule has 2 aromatic rings. The Balaban J connectivity index is 1.78. The largest absolute Gasteiger partial charge is 0.460 e. The molecule has 2 atom stereocenters. The number of amidine groups is 1. The van der Waals surface area contributed by atoms with Crippen molar-refractivity contribution < 1.29 is 14.3 Å². The Labute approximate surface area is 181 Å². The van der Waals surface area contributed by atoms with E-state index in [1.54, 1.807) is 11.8 Å². The van der Waals surface area contributed by atoms with Crippen LogP contribution in [-0.2, 0) is 14.3 Å². The molecule has 31 heavy (non-hydrogen) atoms. The van der Waals surface area contributed by atoms with Gasteiger partial charge in [-0.05, 0) is 57.4 Å². The van der Waals surface area contributed by atoms with Gasteiger partial charge in [0, 0.05) is 7.05 Å². The molecule has 1 aliphatic carbocycles. The van der Waals surface area contributed by atoms with Gasteiger partial charge in [-0.2, -0.15) is 0 Å². The molecule has 2 heterocycles. The average molecular weight is 418 g/mol. The van der Waals surface area contributed by atoms with Crippen LogP contribution in [0.5, 0.6) is 0 Å². The van der Waals surface area contributed by atoms with Gasteiger partial charge in [0.2, 0.25) is 11.7 Å². The van der Waals surface area contributed by atoms with Crippen LogP contribution in [-0.4, -0.2) is 37.0 Å². The van der Waals surface area contributed by atoms with Gasteiger partial charge in [0.1, 0.15) is 0 Å². The summed E-state index contributed by atoms with van der Waals surface area (Å²) in [6.07, 6.45) is 2.32. The van der Waals surface area contributed by atoms with Crippen molar-refractivity contribution in [3.63, 3.8) is 0 Å². The topological polar surface area (TPSA) is 65.5 Å². The molecule has 1 spiro atoms. The molecule has 160 valence electrons. The van der Waals surface area contributed by atoms with Crippen LogP contribution in [0.15, 0.2) is 53.6 Å². The fraction of sp³-hybridized carbons (Fsp3) is 0.375. The summed E-state index contributed by atoms with van der Waals surface area (Å²) in [5.74, 6) is -0.537. The van der Waals surface area contributed by atoms with Crippen LogP contribution in [0, 0.1) is 12.8 Å². The number of esters is 1. The summed E-state index contributed by atoms with van der Waals surface area (Å²) in [6, 6.07) is 15.8. The highest BCUT2D eigenvalue weighted by molar-refractivity contribution is 6.43. The molecule has 2 aliphatic heterocycles. The third kappa shape index (κ3) is 2.69. The molecular formula is C24H26N4O3. The van der Waals surface area contributed by atoms with Crippen molar-refractivity contribution >= 4 is 34.8 Å². The van der Waals surface area contributed by atoms with Crippen molar-refractivity contribution in [3.8, 4) is 0 Å². The number of aryl methyl sites for hydroxylation is 1. The molecule has 3 aliphatic rings. The van der Waals surface area contributed by atoms with Gasteiger partial charge in [-0.3, -0.25) is 9.69 Å². The van der Waals surface area contributed by atoms with E-state index in [2.05, 4.69) is 0 Å². The lowest BCUT2D eigenvalue weighted by Crippen LogP contribution is -2.61. The normalized spacial score (nSPS) is 24.4. The van der Waals surface area contributed by atoms with E-state index in [0.717, 1.165) is 35.5 Å². The van der Waals surface area contributed by atoms with Crippen molar-refractivity contribution in [3.05, 3.63) is 54.1 Å². The fourth-order valence-corrected chi connectivity index (χ4v) is 5.23. The summed E-state index contributed by atoms with van der Waals surface area (Å²) in [6.45, 7) is 4.07. The minimum Gasteiger partial charge on any atom is -0.460 e. The molecule has 1 fully saturated rings. The molecule has 0 saturated heterocycles. The molecule has 7 nitrogen and oxygen atoms in total. The number of carbonyl (C=O) groups is 2. The summed E-state index contributed by atoms with van der Waals surface area (Å²) in [7, 11) is 1.81. The van der Waals surface area contributed by atoms with Gasteiger partial charge >= 0.3 is 5.97 Å². The smallest absolute Gasteiger partial charge is 0.376 e. The van der Waals surface area contributed by atoms with Gasteiger partial charge in [0.25, 0.3) is 0 Å². The van der Waals surface area contributed by atoms with Crippen LogP contribution in [0.4, 0.5) is 17.1 Å². The monoisotopic (exact) mass is 418 g/mol. The zero-order valence-electron chi connectivity index (χ0n) is 18.0. The van der Waals surface area contributed by atoms with Gasteiger partial charge in [-0.15, -0.1) is 5.10 Å². The third-order valence-electron chi connectivity index (χ3n) is 6.61. The standard InChI is InChI=1S/C24H26N4O3/c1-4-31-23(30)21-25-28(17-13-11-16(2)12-14-17)24-15-7-8-18(24)22(29)26(3)19-9-5-6-10-20(19)27(21)24/h5-6,9-14,18H,4,7-8,15H2,1-3H3/t18-,24-/m1/s1. The molecule has 0 N–H and O–H groups in total. The summed E-state index contributed by atoms with van der Waals surface area (Å²) in [5.41, 5.74) is 2.77. The highest BCUT2D eigenvalue weighted by atomic mass is 16.5. The van der Waals surface area contributed by atoms with Crippen molar-refractivity contribution in [1.29, 1.82) is 0 Å². The Hall–Kier alpha value is -3.35. The van der Waals surface area contributed by atoms with Gasteiger partial charge in [0.15, 0.2) is 5.66 Å². The number of hydrogen-bond acceptors (Lipinski definition) is 6. The lowest BCUT2D eigenvalue weighted by atomic mass is 9.92. The molecule has 0 aromatic heterocycles. The Bertz CT molecular complexity index is 1080. The predicted molar refractivity (Wildman–Crippen MR) is 120 cm³/mol. The number of carbonyl (C=O) groups excluding carboxylic acids is 2. The fourth-order valence-electron chi connectivity index (χ4n) is 5.23. The number of para-hydroxylation sites is 2. The van der Waals surface area contributed by atoms with E-state index in [1.165, 1.54) is 0 Å². The van der Waals surface area contributed by atoms with Crippen LogP contribution in [0.2, 0.25) is 0 Å². The predicted octanol–water partition coefficient (Wildman–Crippen LogP) is 3.67. The first kappa shape index (κ1) is 19.6. The van der Waals surface area contributed by atoms with Gasteiger partial charge < -0.3 is 9.64 Å². The third-order valence-corrected chi connectivity index (χ3v) is 6.61. The number of hydrogen-bond donors (Lipinski definition) is 0. The number of fused-ring (bicyclic) bond motifs is 2. The maximum atomic E-state index is 13.7. The van der Waals surface area contributed by atoms with E-state index in [4.69, 9.17) is 9.84 Å². The number of benzene rings is 2. The molecule has 2 aromatic carbocycles. The SMILES string of the molecule is CCOC(=O)C1=NN(c2ccc(C)cc2)[C@]23CCC[C@@H]2C(=O)N(C)c2ccccc2N13. The van der Waals surface area contributed by atoms with E-state index in [9.17, 15) is 9.59 Å². The first-order chi connectivity index (χ1) is 15.0. The van der Waals surface area contributed by atoms with E-state index < -0.39 is 11.6 Å². The second-order valence-electron chi connectivity index (χ2n) is 8.34. The molecular weight excluding hydrogens is 392 g/mol. The van der Waals surface area contributed by atoms with Crippen LogP contribution in [0.25, 0.3) is 0 Å². The maximum absolute atomic E-state index is 13.7. The molecule has 0 bridgehead atoms. The maximum Gasteiger partial charge on any atom is 0.376 e. The number of ether oxygens (including phenoxy) is 1. The highest BCUT2D eigenvalue weighted by Gasteiger charge is 2.63. The summed E-state index contributed by atoms with van der Waals surface area (Å²) < 4.78 is 5.40. The minimum atomic E-state index is -0.782. The number of hydrazone groups is 1. The van der Waals surface area contributed by atoms with E-state index in [-0.39, 0.29) is 24.3 Å². The van der Waals surface area contributed by atoms with Crippen molar-refractivity contribution in [2.45, 2.75) is 38.8 Å². The zero-order valence-corrected chi connectivity index (χ0v) is 18.0. The molecule has 1 saturated carbocycles. The van der Waals surface area contributed by atoms with E-state index in [1.807, 2.05) is 72.4 Å². The van der Waals surface area contributed by atoms with Crippen molar-refractivity contribution in [2.75, 3.05) is 28.5 Å². The van der Waals surface area contributed by atoms with Gasteiger partial charge in [0.05, 0.1) is 29.6 Å². The molecule has 0 radical (unpaired) electrons. The summed E-state index contributed by atoms with van der Waals surface area (Å²) in [5, 5.41) is 6.71. The Morgan fingerprint density at radius 1 is 1.16 bits per heavy atom.